The second kappa shape index (κ2) is 11.6. The Hall–Kier alpha value is -3.00. The van der Waals surface area contributed by atoms with Crippen molar-refractivity contribution in [1.29, 1.82) is 0 Å². The van der Waals surface area contributed by atoms with Crippen molar-refractivity contribution in [3.63, 3.8) is 0 Å². The number of amides is 1. The smallest absolute Gasteiger partial charge is 0.323 e. The summed E-state index contributed by atoms with van der Waals surface area (Å²) in [6.45, 7) is 13.8. The van der Waals surface area contributed by atoms with Crippen molar-refractivity contribution in [2.75, 3.05) is 23.3 Å². The van der Waals surface area contributed by atoms with Crippen LogP contribution in [0.4, 0.5) is 11.5 Å². The molecule has 1 fully saturated rings. The monoisotopic (exact) mass is 481 g/mol. The van der Waals surface area contributed by atoms with Crippen LogP contribution in [-0.4, -0.2) is 46.6 Å². The fourth-order valence-corrected chi connectivity index (χ4v) is 3.73. The van der Waals surface area contributed by atoms with E-state index < -0.39 is 11.6 Å². The molecule has 2 N–H and O–H groups in total. The minimum atomic E-state index is -0.514. The number of esters is 1. The van der Waals surface area contributed by atoms with Crippen molar-refractivity contribution in [2.45, 2.75) is 79.0 Å². The zero-order chi connectivity index (χ0) is 25.6. The van der Waals surface area contributed by atoms with Crippen LogP contribution in [-0.2, 0) is 16.1 Å². The molecule has 190 valence electrons. The van der Waals surface area contributed by atoms with Crippen LogP contribution in [0.5, 0.6) is 0 Å². The molecule has 0 spiro atoms. The number of carbonyl (C=O) groups is 2. The van der Waals surface area contributed by atoms with E-state index in [1.807, 2.05) is 45.9 Å². The maximum Gasteiger partial charge on any atom is 0.323 e. The molecule has 35 heavy (non-hydrogen) atoms. The summed E-state index contributed by atoms with van der Waals surface area (Å²) in [4.78, 5) is 36.0. The van der Waals surface area contributed by atoms with Gasteiger partial charge in [-0.25, -0.2) is 9.97 Å². The van der Waals surface area contributed by atoms with Crippen LogP contribution in [0.2, 0.25) is 0 Å². The normalized spacial score (nSPS) is 14.3. The highest BCUT2D eigenvalue weighted by atomic mass is 16.6. The maximum atomic E-state index is 12.9. The van der Waals surface area contributed by atoms with Gasteiger partial charge in [-0.1, -0.05) is 19.1 Å². The van der Waals surface area contributed by atoms with Crippen molar-refractivity contribution >= 4 is 23.4 Å². The Labute approximate surface area is 208 Å². The third-order valence-corrected chi connectivity index (χ3v) is 5.79. The molecule has 1 amide bonds. The van der Waals surface area contributed by atoms with Crippen LogP contribution < -0.4 is 15.5 Å². The van der Waals surface area contributed by atoms with E-state index in [9.17, 15) is 9.59 Å². The summed E-state index contributed by atoms with van der Waals surface area (Å²) in [5, 5.41) is 6.17. The second-order valence-electron chi connectivity index (χ2n) is 10.4. The van der Waals surface area contributed by atoms with Gasteiger partial charge in [0.15, 0.2) is 0 Å². The maximum absolute atomic E-state index is 12.9. The molecule has 8 heteroatoms. The van der Waals surface area contributed by atoms with Gasteiger partial charge in [0.1, 0.15) is 29.5 Å². The lowest BCUT2D eigenvalue weighted by Gasteiger charge is -2.23. The van der Waals surface area contributed by atoms with Crippen LogP contribution in [0.15, 0.2) is 30.6 Å². The highest BCUT2D eigenvalue weighted by Gasteiger charge is 2.25. The molecule has 0 saturated heterocycles. The van der Waals surface area contributed by atoms with Gasteiger partial charge in [0.25, 0.3) is 5.91 Å². The number of ether oxygens (including phenoxy) is 1. The van der Waals surface area contributed by atoms with Gasteiger partial charge in [0.2, 0.25) is 0 Å². The molecule has 2 aromatic rings. The molecule has 1 aliphatic rings. The summed E-state index contributed by atoms with van der Waals surface area (Å²) in [7, 11) is 0. The zero-order valence-corrected chi connectivity index (χ0v) is 21.9. The summed E-state index contributed by atoms with van der Waals surface area (Å²) in [5.74, 6) is 0.994. The summed E-state index contributed by atoms with van der Waals surface area (Å²) >= 11 is 0. The molecular weight excluding hydrogens is 442 g/mol. The minimum absolute atomic E-state index is 0.260. The largest absolute Gasteiger partial charge is 0.459 e. The molecule has 0 radical (unpaired) electrons. The van der Waals surface area contributed by atoms with Gasteiger partial charge in [-0.05, 0) is 77.0 Å². The molecular formula is C27H39N5O3. The van der Waals surface area contributed by atoms with E-state index in [0.29, 0.717) is 12.2 Å². The lowest BCUT2D eigenvalue weighted by molar-refractivity contribution is -0.157. The standard InChI is InChI=1S/C27H39N5O3/c1-7-12-32(16-20-8-9-20)24-14-23(29-17-30-24)25(33)31-22-11-10-21(13-18(22)2)15-28-19(3)26(34)35-27(4,5)6/h10-11,13-14,17,19-20,28H,7-9,12,15-16H2,1-6H3,(H,31,33). The van der Waals surface area contributed by atoms with Gasteiger partial charge in [-0.3, -0.25) is 9.59 Å². The van der Waals surface area contributed by atoms with Crippen molar-refractivity contribution in [1.82, 2.24) is 15.3 Å². The first-order valence-corrected chi connectivity index (χ1v) is 12.5. The molecule has 1 aromatic carbocycles. The van der Waals surface area contributed by atoms with Crippen LogP contribution in [0.25, 0.3) is 0 Å². The van der Waals surface area contributed by atoms with Crippen LogP contribution >= 0.6 is 0 Å². The Morgan fingerprint density at radius 1 is 1.20 bits per heavy atom. The molecule has 0 bridgehead atoms. The predicted octanol–water partition coefficient (Wildman–Crippen LogP) is 4.48. The summed E-state index contributed by atoms with van der Waals surface area (Å²) in [5.41, 5.74) is 2.50. The zero-order valence-electron chi connectivity index (χ0n) is 21.9. The minimum Gasteiger partial charge on any atom is -0.459 e. The van der Waals surface area contributed by atoms with E-state index in [-0.39, 0.29) is 11.9 Å². The summed E-state index contributed by atoms with van der Waals surface area (Å²) in [6.07, 6.45) is 5.02. The summed E-state index contributed by atoms with van der Waals surface area (Å²) in [6, 6.07) is 7.16. The molecule has 1 heterocycles. The molecule has 3 rings (SSSR count). The van der Waals surface area contributed by atoms with E-state index in [0.717, 1.165) is 48.1 Å². The fraction of sp³-hybridized carbons (Fsp3) is 0.556. The van der Waals surface area contributed by atoms with Gasteiger partial charge < -0.3 is 20.3 Å². The molecule has 1 unspecified atom stereocenters. The number of hydrogen-bond donors (Lipinski definition) is 2. The number of aryl methyl sites for hydroxylation is 1. The number of rotatable bonds is 11. The second-order valence-corrected chi connectivity index (χ2v) is 10.4. The van der Waals surface area contributed by atoms with Crippen molar-refractivity contribution < 1.29 is 14.3 Å². The van der Waals surface area contributed by atoms with Crippen LogP contribution in [0.3, 0.4) is 0 Å². The van der Waals surface area contributed by atoms with Crippen molar-refractivity contribution in [3.8, 4) is 0 Å². The van der Waals surface area contributed by atoms with Gasteiger partial charge in [0, 0.05) is 31.4 Å². The highest BCUT2D eigenvalue weighted by Crippen LogP contribution is 2.31. The van der Waals surface area contributed by atoms with E-state index in [1.54, 1.807) is 13.0 Å². The number of hydrogen-bond acceptors (Lipinski definition) is 7. The van der Waals surface area contributed by atoms with E-state index in [1.165, 1.54) is 19.2 Å². The van der Waals surface area contributed by atoms with Crippen molar-refractivity contribution in [3.05, 3.63) is 47.4 Å². The highest BCUT2D eigenvalue weighted by molar-refractivity contribution is 6.03. The van der Waals surface area contributed by atoms with Crippen LogP contribution in [0, 0.1) is 12.8 Å². The number of anilines is 2. The average molecular weight is 482 g/mol. The van der Waals surface area contributed by atoms with E-state index in [2.05, 4.69) is 32.4 Å². The number of carbonyl (C=O) groups excluding carboxylic acids is 2. The Kier molecular flexibility index (Phi) is 8.83. The quantitative estimate of drug-likeness (QED) is 0.457. The molecule has 8 nitrogen and oxygen atoms in total. The van der Waals surface area contributed by atoms with Gasteiger partial charge in [0.05, 0.1) is 0 Å². The van der Waals surface area contributed by atoms with Crippen molar-refractivity contribution in [2.24, 2.45) is 5.92 Å². The Morgan fingerprint density at radius 3 is 2.57 bits per heavy atom. The van der Waals surface area contributed by atoms with Gasteiger partial charge in [-0.15, -0.1) is 0 Å². The molecule has 0 aliphatic heterocycles. The Balaban J connectivity index is 1.60. The molecule has 1 aliphatic carbocycles. The first-order chi connectivity index (χ1) is 16.6. The van der Waals surface area contributed by atoms with Gasteiger partial charge >= 0.3 is 5.97 Å². The predicted molar refractivity (Wildman–Crippen MR) is 139 cm³/mol. The molecule has 1 aromatic heterocycles. The lowest BCUT2D eigenvalue weighted by atomic mass is 10.1. The topological polar surface area (TPSA) is 96.5 Å². The first kappa shape index (κ1) is 26.6. The number of benzene rings is 1. The van der Waals surface area contributed by atoms with Gasteiger partial charge in [-0.2, -0.15) is 0 Å². The third-order valence-electron chi connectivity index (χ3n) is 5.79. The van der Waals surface area contributed by atoms with E-state index in [4.69, 9.17) is 4.74 Å². The summed E-state index contributed by atoms with van der Waals surface area (Å²) < 4.78 is 5.41. The Bertz CT molecular complexity index is 1030. The first-order valence-electron chi connectivity index (χ1n) is 12.5. The SMILES string of the molecule is CCCN(CC1CC1)c1cc(C(=O)Nc2ccc(CNC(C)C(=O)OC(C)(C)C)cc2C)ncn1. The fourth-order valence-electron chi connectivity index (χ4n) is 3.73. The average Bonchev–Trinajstić information content (AvgIpc) is 3.62. The number of nitrogens with zero attached hydrogens (tertiary/aromatic N) is 3. The Morgan fingerprint density at radius 2 is 1.94 bits per heavy atom. The number of nitrogens with one attached hydrogen (secondary N) is 2. The van der Waals surface area contributed by atoms with E-state index >= 15 is 0 Å². The molecule has 1 atom stereocenters. The molecule has 1 saturated carbocycles. The third kappa shape index (κ3) is 8.31. The number of aromatic nitrogens is 2. The van der Waals surface area contributed by atoms with Crippen LogP contribution in [0.1, 0.15) is 75.5 Å². The lowest BCUT2D eigenvalue weighted by Crippen LogP contribution is -2.38.